The highest BCUT2D eigenvalue weighted by Gasteiger charge is 2.35. The molecule has 3 atom stereocenters. The third-order valence-corrected chi connectivity index (χ3v) is 5.38. The molecule has 0 spiro atoms. The van der Waals surface area contributed by atoms with Crippen molar-refractivity contribution in [3.63, 3.8) is 0 Å². The fourth-order valence-corrected chi connectivity index (χ4v) is 4.25. The summed E-state index contributed by atoms with van der Waals surface area (Å²) in [6.07, 6.45) is 4.78. The van der Waals surface area contributed by atoms with E-state index < -0.39 is 0 Å². The summed E-state index contributed by atoms with van der Waals surface area (Å²) in [5.74, 6) is 0. The van der Waals surface area contributed by atoms with E-state index in [9.17, 15) is 0 Å². The van der Waals surface area contributed by atoms with Gasteiger partial charge in [-0.05, 0) is 51.3 Å². The maximum atomic E-state index is 6.54. The maximum Gasteiger partial charge on any atom is 0.0642 e. The van der Waals surface area contributed by atoms with Crippen LogP contribution in [0.25, 0.3) is 0 Å². The molecule has 1 aromatic rings. The van der Waals surface area contributed by atoms with Gasteiger partial charge in [0, 0.05) is 31.2 Å². The predicted octanol–water partition coefficient (Wildman–Crippen LogP) is 2.90. The highest BCUT2D eigenvalue weighted by atomic mass is 35.5. The molecular weight excluding hydrogens is 282 g/mol. The first-order chi connectivity index (χ1) is 10.1. The minimum Gasteiger partial charge on any atom is -0.368 e. The molecule has 3 unspecified atom stereocenters. The number of nitrogens with zero attached hydrogens (tertiary/aromatic N) is 2. The van der Waals surface area contributed by atoms with Gasteiger partial charge in [-0.25, -0.2) is 0 Å². The molecule has 3 nitrogen and oxygen atoms in total. The first kappa shape index (κ1) is 15.1. The van der Waals surface area contributed by atoms with Crippen LogP contribution in [-0.4, -0.2) is 43.2 Å². The first-order valence-electron chi connectivity index (χ1n) is 8.06. The molecule has 2 heterocycles. The van der Waals surface area contributed by atoms with Gasteiger partial charge in [-0.3, -0.25) is 4.90 Å². The lowest BCUT2D eigenvalue weighted by molar-refractivity contribution is 0.254. The van der Waals surface area contributed by atoms with E-state index in [0.717, 1.165) is 30.6 Å². The van der Waals surface area contributed by atoms with E-state index in [4.69, 9.17) is 17.3 Å². The van der Waals surface area contributed by atoms with E-state index in [2.05, 4.69) is 29.8 Å². The molecule has 2 N–H and O–H groups in total. The molecule has 2 fully saturated rings. The molecule has 2 saturated heterocycles. The van der Waals surface area contributed by atoms with Gasteiger partial charge in [-0.1, -0.05) is 23.7 Å². The molecular formula is C17H26ClN3. The minimum absolute atomic E-state index is 0.160. The number of fused-ring (bicyclic) bond motifs is 2. The molecule has 21 heavy (non-hydrogen) atoms. The Labute approximate surface area is 133 Å². The SMILES string of the molecule is CC(N)Cc1cccc(Cl)c1N1CCC2CCC(C1)N2C. The van der Waals surface area contributed by atoms with Crippen molar-refractivity contribution in [3.8, 4) is 0 Å². The quantitative estimate of drug-likeness (QED) is 0.932. The Morgan fingerprint density at radius 1 is 1.29 bits per heavy atom. The van der Waals surface area contributed by atoms with Gasteiger partial charge in [-0.15, -0.1) is 0 Å². The number of hydrogen-bond donors (Lipinski definition) is 1. The van der Waals surface area contributed by atoms with E-state index in [1.54, 1.807) is 0 Å². The Morgan fingerprint density at radius 2 is 2.05 bits per heavy atom. The second kappa shape index (κ2) is 6.15. The fraction of sp³-hybridized carbons (Fsp3) is 0.647. The lowest BCUT2D eigenvalue weighted by Gasteiger charge is -2.30. The van der Waals surface area contributed by atoms with Crippen molar-refractivity contribution in [1.29, 1.82) is 0 Å². The summed E-state index contributed by atoms with van der Waals surface area (Å²) in [7, 11) is 2.28. The van der Waals surface area contributed by atoms with Gasteiger partial charge in [0.1, 0.15) is 0 Å². The van der Waals surface area contributed by atoms with E-state index in [1.807, 2.05) is 12.1 Å². The summed E-state index contributed by atoms with van der Waals surface area (Å²) >= 11 is 6.54. The van der Waals surface area contributed by atoms with Crippen molar-refractivity contribution in [3.05, 3.63) is 28.8 Å². The van der Waals surface area contributed by atoms with Crippen LogP contribution in [0.1, 0.15) is 31.7 Å². The van der Waals surface area contributed by atoms with Gasteiger partial charge in [-0.2, -0.15) is 0 Å². The van der Waals surface area contributed by atoms with Gasteiger partial charge in [0.05, 0.1) is 10.7 Å². The Balaban J connectivity index is 1.89. The third kappa shape index (κ3) is 3.05. The number of nitrogens with two attached hydrogens (primary N) is 1. The largest absolute Gasteiger partial charge is 0.368 e. The van der Waals surface area contributed by atoms with Crippen molar-refractivity contribution < 1.29 is 0 Å². The van der Waals surface area contributed by atoms with Gasteiger partial charge in [0.15, 0.2) is 0 Å². The number of likely N-dealkylation sites (N-methyl/N-ethyl adjacent to an activating group) is 1. The first-order valence-corrected chi connectivity index (χ1v) is 8.44. The van der Waals surface area contributed by atoms with E-state index in [-0.39, 0.29) is 6.04 Å². The molecule has 1 aromatic carbocycles. The lowest BCUT2D eigenvalue weighted by atomic mass is 10.0. The Morgan fingerprint density at radius 3 is 2.81 bits per heavy atom. The normalized spacial score (nSPS) is 27.7. The Hall–Kier alpha value is -0.770. The Kier molecular flexibility index (Phi) is 4.43. The molecule has 3 rings (SSSR count). The Bertz CT molecular complexity index is 503. The van der Waals surface area contributed by atoms with Gasteiger partial charge < -0.3 is 10.6 Å². The molecule has 0 aliphatic carbocycles. The molecule has 2 aliphatic heterocycles. The average Bonchev–Trinajstić information content (AvgIpc) is 2.65. The molecule has 0 aromatic heterocycles. The maximum absolute atomic E-state index is 6.54. The summed E-state index contributed by atoms with van der Waals surface area (Å²) in [5, 5.41) is 0.869. The summed E-state index contributed by atoms with van der Waals surface area (Å²) in [5.41, 5.74) is 8.53. The molecule has 0 radical (unpaired) electrons. The minimum atomic E-state index is 0.160. The summed E-state index contributed by atoms with van der Waals surface area (Å²) in [6.45, 7) is 4.24. The molecule has 4 heteroatoms. The average molecular weight is 308 g/mol. The summed E-state index contributed by atoms with van der Waals surface area (Å²) in [6, 6.07) is 7.80. The van der Waals surface area contributed by atoms with Crippen LogP contribution in [0.3, 0.4) is 0 Å². The summed E-state index contributed by atoms with van der Waals surface area (Å²) in [4.78, 5) is 5.07. The number of hydrogen-bond acceptors (Lipinski definition) is 3. The second-order valence-corrected chi connectivity index (χ2v) is 7.12. The van der Waals surface area contributed by atoms with Crippen LogP contribution >= 0.6 is 11.6 Å². The molecule has 2 aliphatic rings. The van der Waals surface area contributed by atoms with Crippen LogP contribution < -0.4 is 10.6 Å². The highest BCUT2D eigenvalue weighted by molar-refractivity contribution is 6.33. The molecule has 0 saturated carbocycles. The van der Waals surface area contributed by atoms with Crippen LogP contribution in [-0.2, 0) is 6.42 Å². The van der Waals surface area contributed by atoms with Crippen LogP contribution in [0, 0.1) is 0 Å². The van der Waals surface area contributed by atoms with Gasteiger partial charge >= 0.3 is 0 Å². The number of halogens is 1. The number of para-hydroxylation sites is 1. The highest BCUT2D eigenvalue weighted by Crippen LogP contribution is 2.36. The predicted molar refractivity (Wildman–Crippen MR) is 90.2 cm³/mol. The second-order valence-electron chi connectivity index (χ2n) is 6.71. The van der Waals surface area contributed by atoms with Gasteiger partial charge in [0.25, 0.3) is 0 Å². The monoisotopic (exact) mass is 307 g/mol. The van der Waals surface area contributed by atoms with Gasteiger partial charge in [0.2, 0.25) is 0 Å². The van der Waals surface area contributed by atoms with E-state index in [0.29, 0.717) is 6.04 Å². The number of rotatable bonds is 3. The zero-order chi connectivity index (χ0) is 15.0. The molecule has 0 amide bonds. The fourth-order valence-electron chi connectivity index (χ4n) is 3.94. The molecule has 2 bridgehead atoms. The summed E-state index contributed by atoms with van der Waals surface area (Å²) < 4.78 is 0. The van der Waals surface area contributed by atoms with Crippen molar-refractivity contribution in [2.45, 2.75) is 50.7 Å². The zero-order valence-corrected chi connectivity index (χ0v) is 13.8. The van der Waals surface area contributed by atoms with Crippen LogP contribution in [0.4, 0.5) is 5.69 Å². The standard InChI is InChI=1S/C17H26ClN3/c1-12(19)10-13-4-3-5-16(18)17(13)21-9-8-14-6-7-15(11-21)20(14)2/h3-5,12,14-15H,6-11,19H2,1-2H3. The number of anilines is 1. The third-order valence-electron chi connectivity index (χ3n) is 5.08. The van der Waals surface area contributed by atoms with Crippen molar-refractivity contribution in [1.82, 2.24) is 4.90 Å². The smallest absolute Gasteiger partial charge is 0.0642 e. The van der Waals surface area contributed by atoms with E-state index >= 15 is 0 Å². The van der Waals surface area contributed by atoms with Crippen LogP contribution in [0.15, 0.2) is 18.2 Å². The van der Waals surface area contributed by atoms with Crippen LogP contribution in [0.2, 0.25) is 5.02 Å². The lowest BCUT2D eigenvalue weighted by Crippen LogP contribution is -2.37. The van der Waals surface area contributed by atoms with E-state index in [1.165, 1.54) is 30.5 Å². The van der Waals surface area contributed by atoms with Crippen LogP contribution in [0.5, 0.6) is 0 Å². The molecule has 116 valence electrons. The van der Waals surface area contributed by atoms with Crippen molar-refractivity contribution >= 4 is 17.3 Å². The van der Waals surface area contributed by atoms with Crippen molar-refractivity contribution in [2.24, 2.45) is 5.73 Å². The number of benzene rings is 1. The topological polar surface area (TPSA) is 32.5 Å². The van der Waals surface area contributed by atoms with Crippen molar-refractivity contribution in [2.75, 3.05) is 25.0 Å². The zero-order valence-electron chi connectivity index (χ0n) is 13.1.